The molecule has 0 fully saturated rings. The smallest absolute Gasteiger partial charge is 0.00790 e. The minimum atomic E-state index is 0.612. The summed E-state index contributed by atoms with van der Waals surface area (Å²) in [6.45, 7) is 10.0. The fraction of sp³-hybridized carbons (Fsp3) is 1.00. The molecule has 0 atom stereocenters. The minimum absolute atomic E-state index is 0.612. The second kappa shape index (κ2) is 12.0. The summed E-state index contributed by atoms with van der Waals surface area (Å²) in [5.41, 5.74) is 0. The van der Waals surface area contributed by atoms with Gasteiger partial charge >= 0.3 is 0 Å². The van der Waals surface area contributed by atoms with Crippen LogP contribution in [-0.4, -0.2) is 25.7 Å². The molecule has 0 saturated carbocycles. The highest BCUT2D eigenvalue weighted by Gasteiger charge is 1.92. The molecule has 0 amide bonds. The lowest BCUT2D eigenvalue weighted by Gasteiger charge is -2.08. The zero-order valence-electron chi connectivity index (χ0n) is 10.9. The van der Waals surface area contributed by atoms with Crippen LogP contribution in [-0.2, 0) is 0 Å². The zero-order valence-corrected chi connectivity index (χ0v) is 10.9. The van der Waals surface area contributed by atoms with Crippen molar-refractivity contribution < 1.29 is 0 Å². The summed E-state index contributed by atoms with van der Waals surface area (Å²) < 4.78 is 0. The first-order chi connectivity index (χ1) is 7.27. The van der Waals surface area contributed by atoms with Gasteiger partial charge in [0.05, 0.1) is 0 Å². The van der Waals surface area contributed by atoms with Crippen molar-refractivity contribution in [1.82, 2.24) is 10.6 Å². The third kappa shape index (κ3) is 13.9. The van der Waals surface area contributed by atoms with E-state index in [1.807, 2.05) is 0 Å². The van der Waals surface area contributed by atoms with Gasteiger partial charge in [-0.25, -0.2) is 0 Å². The Balaban J connectivity index is 2.87. The standard InChI is InChI=1S/C13H30N2/c1-4-5-6-7-8-9-10-14-11-12-15-13(2)3/h13-15H,4-12H2,1-3H3. The predicted molar refractivity (Wildman–Crippen MR) is 69.4 cm³/mol. The van der Waals surface area contributed by atoms with Gasteiger partial charge in [0.15, 0.2) is 0 Å². The van der Waals surface area contributed by atoms with Crippen LogP contribution < -0.4 is 10.6 Å². The molecule has 0 aromatic rings. The Labute approximate surface area is 96.2 Å². The summed E-state index contributed by atoms with van der Waals surface area (Å²) in [4.78, 5) is 0. The topological polar surface area (TPSA) is 24.1 Å². The molecule has 0 saturated heterocycles. The second-order valence-electron chi connectivity index (χ2n) is 4.63. The van der Waals surface area contributed by atoms with Crippen molar-refractivity contribution in [1.29, 1.82) is 0 Å². The molecule has 0 aromatic heterocycles. The van der Waals surface area contributed by atoms with E-state index in [1.54, 1.807) is 0 Å². The molecule has 0 spiro atoms. The lowest BCUT2D eigenvalue weighted by atomic mass is 10.1. The van der Waals surface area contributed by atoms with E-state index in [0.29, 0.717) is 6.04 Å². The first-order valence-electron chi connectivity index (χ1n) is 6.71. The molecule has 15 heavy (non-hydrogen) atoms. The Morgan fingerprint density at radius 2 is 1.47 bits per heavy atom. The van der Waals surface area contributed by atoms with Crippen molar-refractivity contribution in [3.05, 3.63) is 0 Å². The SMILES string of the molecule is CCCCCCCCNCCNC(C)C. The quantitative estimate of drug-likeness (QED) is 0.517. The number of rotatable bonds is 11. The molecule has 0 aliphatic carbocycles. The van der Waals surface area contributed by atoms with Crippen molar-refractivity contribution in [2.75, 3.05) is 19.6 Å². The number of hydrogen-bond acceptors (Lipinski definition) is 2. The van der Waals surface area contributed by atoms with Crippen LogP contribution in [0.1, 0.15) is 59.3 Å². The van der Waals surface area contributed by atoms with Gasteiger partial charge in [0.25, 0.3) is 0 Å². The maximum atomic E-state index is 3.47. The van der Waals surface area contributed by atoms with Crippen LogP contribution in [0.5, 0.6) is 0 Å². The molecular weight excluding hydrogens is 184 g/mol. The molecule has 0 aliphatic heterocycles. The van der Waals surface area contributed by atoms with E-state index in [2.05, 4.69) is 31.4 Å². The molecule has 92 valence electrons. The minimum Gasteiger partial charge on any atom is -0.315 e. The van der Waals surface area contributed by atoms with Gasteiger partial charge in [-0.05, 0) is 13.0 Å². The van der Waals surface area contributed by atoms with Gasteiger partial charge in [-0.3, -0.25) is 0 Å². The van der Waals surface area contributed by atoms with Gasteiger partial charge in [0.1, 0.15) is 0 Å². The molecule has 0 rings (SSSR count). The van der Waals surface area contributed by atoms with E-state index >= 15 is 0 Å². The monoisotopic (exact) mass is 214 g/mol. The van der Waals surface area contributed by atoms with Crippen LogP contribution in [0.3, 0.4) is 0 Å². The lowest BCUT2D eigenvalue weighted by molar-refractivity contribution is 0.534. The summed E-state index contributed by atoms with van der Waals surface area (Å²) in [5, 5.41) is 6.87. The van der Waals surface area contributed by atoms with Gasteiger partial charge in [-0.2, -0.15) is 0 Å². The average Bonchev–Trinajstić information content (AvgIpc) is 2.20. The molecule has 0 heterocycles. The molecular formula is C13H30N2. The van der Waals surface area contributed by atoms with Crippen LogP contribution in [0.2, 0.25) is 0 Å². The van der Waals surface area contributed by atoms with Crippen LogP contribution in [0, 0.1) is 0 Å². The van der Waals surface area contributed by atoms with Crippen LogP contribution in [0.4, 0.5) is 0 Å². The number of nitrogens with one attached hydrogen (secondary N) is 2. The average molecular weight is 214 g/mol. The van der Waals surface area contributed by atoms with Crippen molar-refractivity contribution in [2.24, 2.45) is 0 Å². The first kappa shape index (κ1) is 14.9. The van der Waals surface area contributed by atoms with E-state index in [0.717, 1.165) is 13.1 Å². The third-order valence-corrected chi connectivity index (χ3v) is 2.56. The zero-order chi connectivity index (χ0) is 11.4. The van der Waals surface area contributed by atoms with Crippen molar-refractivity contribution in [2.45, 2.75) is 65.3 Å². The number of hydrogen-bond donors (Lipinski definition) is 2. The Kier molecular flexibility index (Phi) is 11.9. The van der Waals surface area contributed by atoms with Gasteiger partial charge in [0.2, 0.25) is 0 Å². The lowest BCUT2D eigenvalue weighted by Crippen LogP contribution is -2.31. The Hall–Kier alpha value is -0.0800. The highest BCUT2D eigenvalue weighted by atomic mass is 14.9. The maximum Gasteiger partial charge on any atom is 0.00790 e. The summed E-state index contributed by atoms with van der Waals surface area (Å²) in [5.74, 6) is 0. The van der Waals surface area contributed by atoms with Crippen molar-refractivity contribution in [3.8, 4) is 0 Å². The van der Waals surface area contributed by atoms with Gasteiger partial charge < -0.3 is 10.6 Å². The number of unbranched alkanes of at least 4 members (excludes halogenated alkanes) is 5. The van der Waals surface area contributed by atoms with Crippen LogP contribution >= 0.6 is 0 Å². The van der Waals surface area contributed by atoms with E-state index in [9.17, 15) is 0 Å². The predicted octanol–water partition coefficient (Wildman–Crippen LogP) is 2.93. The van der Waals surface area contributed by atoms with E-state index in [4.69, 9.17) is 0 Å². The van der Waals surface area contributed by atoms with Crippen molar-refractivity contribution in [3.63, 3.8) is 0 Å². The Morgan fingerprint density at radius 3 is 2.13 bits per heavy atom. The highest BCUT2D eigenvalue weighted by molar-refractivity contribution is 4.55. The van der Waals surface area contributed by atoms with E-state index in [1.165, 1.54) is 45.1 Å². The van der Waals surface area contributed by atoms with Gasteiger partial charge in [-0.1, -0.05) is 52.9 Å². The van der Waals surface area contributed by atoms with E-state index < -0.39 is 0 Å². The summed E-state index contributed by atoms with van der Waals surface area (Å²) >= 11 is 0. The third-order valence-electron chi connectivity index (χ3n) is 2.56. The second-order valence-corrected chi connectivity index (χ2v) is 4.63. The Morgan fingerprint density at radius 1 is 0.800 bits per heavy atom. The fourth-order valence-corrected chi connectivity index (χ4v) is 1.60. The summed E-state index contributed by atoms with van der Waals surface area (Å²) in [6.07, 6.45) is 8.33. The van der Waals surface area contributed by atoms with E-state index in [-0.39, 0.29) is 0 Å². The molecule has 0 aliphatic rings. The molecule has 2 heteroatoms. The van der Waals surface area contributed by atoms with Crippen molar-refractivity contribution >= 4 is 0 Å². The summed E-state index contributed by atoms with van der Waals surface area (Å²) in [6, 6.07) is 0.612. The molecule has 0 unspecified atom stereocenters. The normalized spacial score (nSPS) is 11.2. The molecule has 2 nitrogen and oxygen atoms in total. The molecule has 0 radical (unpaired) electrons. The molecule has 0 aromatic carbocycles. The first-order valence-corrected chi connectivity index (χ1v) is 6.71. The highest BCUT2D eigenvalue weighted by Crippen LogP contribution is 2.03. The molecule has 2 N–H and O–H groups in total. The molecule has 0 bridgehead atoms. The Bertz CT molecular complexity index is 113. The van der Waals surface area contributed by atoms with Crippen LogP contribution in [0.25, 0.3) is 0 Å². The fourth-order valence-electron chi connectivity index (χ4n) is 1.60. The maximum absolute atomic E-state index is 3.47. The largest absolute Gasteiger partial charge is 0.315 e. The van der Waals surface area contributed by atoms with Gasteiger partial charge in [0, 0.05) is 19.1 Å². The van der Waals surface area contributed by atoms with Crippen LogP contribution in [0.15, 0.2) is 0 Å². The van der Waals surface area contributed by atoms with Gasteiger partial charge in [-0.15, -0.1) is 0 Å². The summed E-state index contributed by atoms with van der Waals surface area (Å²) in [7, 11) is 0.